The minimum Gasteiger partial charge on any atom is -0.481 e. The van der Waals surface area contributed by atoms with E-state index in [0.29, 0.717) is 18.3 Å². The van der Waals surface area contributed by atoms with E-state index in [4.69, 9.17) is 0 Å². The largest absolute Gasteiger partial charge is 0.481 e. The second-order valence-electron chi connectivity index (χ2n) is 6.10. The van der Waals surface area contributed by atoms with Crippen molar-refractivity contribution in [2.75, 3.05) is 6.54 Å². The highest BCUT2D eigenvalue weighted by Gasteiger charge is 2.44. The fraction of sp³-hybridized carbons (Fsp3) is 0.857. The van der Waals surface area contributed by atoms with E-state index in [1.807, 2.05) is 0 Å². The molecule has 4 heteroatoms. The zero-order chi connectivity index (χ0) is 13.2. The van der Waals surface area contributed by atoms with Gasteiger partial charge in [-0.2, -0.15) is 0 Å². The van der Waals surface area contributed by atoms with Crippen molar-refractivity contribution < 1.29 is 14.7 Å². The molecule has 4 nitrogen and oxygen atoms in total. The van der Waals surface area contributed by atoms with Crippen molar-refractivity contribution >= 4 is 11.9 Å². The van der Waals surface area contributed by atoms with Crippen molar-refractivity contribution in [3.8, 4) is 0 Å². The summed E-state index contributed by atoms with van der Waals surface area (Å²) in [5.74, 6) is -0.884. The van der Waals surface area contributed by atoms with Crippen LogP contribution >= 0.6 is 0 Å². The molecule has 0 spiro atoms. The number of rotatable bonds is 6. The zero-order valence-corrected chi connectivity index (χ0v) is 11.1. The number of amides is 1. The molecule has 0 aromatic rings. The van der Waals surface area contributed by atoms with Gasteiger partial charge < -0.3 is 10.4 Å². The SMILES string of the molecule is CCC1(CNC(=O)CC2(C(=O)O)CCCC2)CC1. The highest BCUT2D eigenvalue weighted by molar-refractivity contribution is 5.85. The molecule has 2 aliphatic rings. The summed E-state index contributed by atoms with van der Waals surface area (Å²) in [6, 6.07) is 0. The van der Waals surface area contributed by atoms with E-state index in [2.05, 4.69) is 12.2 Å². The number of aliphatic carboxylic acids is 1. The van der Waals surface area contributed by atoms with Crippen LogP contribution in [0.25, 0.3) is 0 Å². The third-order valence-corrected chi connectivity index (χ3v) is 4.88. The summed E-state index contributed by atoms with van der Waals surface area (Å²) < 4.78 is 0. The fourth-order valence-corrected chi connectivity index (χ4v) is 3.01. The predicted molar refractivity (Wildman–Crippen MR) is 68.1 cm³/mol. The van der Waals surface area contributed by atoms with Crippen molar-refractivity contribution in [3.05, 3.63) is 0 Å². The van der Waals surface area contributed by atoms with Crippen LogP contribution in [0.4, 0.5) is 0 Å². The lowest BCUT2D eigenvalue weighted by Crippen LogP contribution is -2.37. The normalized spacial score (nSPS) is 23.6. The van der Waals surface area contributed by atoms with Gasteiger partial charge >= 0.3 is 5.97 Å². The second-order valence-corrected chi connectivity index (χ2v) is 6.10. The van der Waals surface area contributed by atoms with E-state index >= 15 is 0 Å². The molecule has 102 valence electrons. The number of hydrogen-bond donors (Lipinski definition) is 2. The lowest BCUT2D eigenvalue weighted by atomic mass is 9.82. The van der Waals surface area contributed by atoms with E-state index in [9.17, 15) is 14.7 Å². The second kappa shape index (κ2) is 4.90. The Labute approximate surface area is 108 Å². The Hall–Kier alpha value is -1.06. The van der Waals surface area contributed by atoms with Crippen LogP contribution in [0.15, 0.2) is 0 Å². The summed E-state index contributed by atoms with van der Waals surface area (Å²) in [6.07, 6.45) is 6.78. The van der Waals surface area contributed by atoms with Crippen LogP contribution in [0.3, 0.4) is 0 Å². The number of carboxylic acids is 1. The lowest BCUT2D eigenvalue weighted by Gasteiger charge is -2.23. The fourth-order valence-electron chi connectivity index (χ4n) is 3.01. The average Bonchev–Trinajstić information content (AvgIpc) is 2.98. The molecule has 0 atom stereocenters. The molecule has 2 saturated carbocycles. The Morgan fingerprint density at radius 3 is 2.22 bits per heavy atom. The monoisotopic (exact) mass is 253 g/mol. The van der Waals surface area contributed by atoms with Gasteiger partial charge in [0.15, 0.2) is 0 Å². The Morgan fingerprint density at radius 1 is 1.17 bits per heavy atom. The van der Waals surface area contributed by atoms with Crippen LogP contribution in [0.2, 0.25) is 0 Å². The summed E-state index contributed by atoms with van der Waals surface area (Å²) in [7, 11) is 0. The first-order valence-corrected chi connectivity index (χ1v) is 7.02. The number of carboxylic acid groups (broad SMARTS) is 1. The molecule has 0 aromatic carbocycles. The topological polar surface area (TPSA) is 66.4 Å². The molecular formula is C14H23NO3. The van der Waals surface area contributed by atoms with E-state index in [1.54, 1.807) is 0 Å². The van der Waals surface area contributed by atoms with Gasteiger partial charge in [0, 0.05) is 13.0 Å². The Balaban J connectivity index is 1.84. The van der Waals surface area contributed by atoms with Gasteiger partial charge in [0.05, 0.1) is 5.41 Å². The highest BCUT2D eigenvalue weighted by atomic mass is 16.4. The molecule has 0 aliphatic heterocycles. The Morgan fingerprint density at radius 2 is 1.78 bits per heavy atom. The molecule has 0 bridgehead atoms. The first kappa shape index (κ1) is 13.4. The summed E-state index contributed by atoms with van der Waals surface area (Å²) in [4.78, 5) is 23.3. The number of carbonyl (C=O) groups is 2. The minimum atomic E-state index is -0.799. The average molecular weight is 253 g/mol. The van der Waals surface area contributed by atoms with Crippen molar-refractivity contribution in [1.29, 1.82) is 0 Å². The molecule has 0 radical (unpaired) electrons. The molecule has 2 aliphatic carbocycles. The number of carbonyl (C=O) groups excluding carboxylic acids is 1. The minimum absolute atomic E-state index is 0.0842. The van der Waals surface area contributed by atoms with Crippen molar-refractivity contribution in [2.24, 2.45) is 10.8 Å². The maximum Gasteiger partial charge on any atom is 0.310 e. The van der Waals surface area contributed by atoms with Crippen LogP contribution in [0, 0.1) is 10.8 Å². The highest BCUT2D eigenvalue weighted by Crippen LogP contribution is 2.48. The van der Waals surface area contributed by atoms with Gasteiger partial charge in [-0.3, -0.25) is 9.59 Å². The van der Waals surface area contributed by atoms with Crippen molar-refractivity contribution in [3.63, 3.8) is 0 Å². The van der Waals surface area contributed by atoms with Gasteiger partial charge in [-0.05, 0) is 37.5 Å². The predicted octanol–water partition coefficient (Wildman–Crippen LogP) is 2.33. The Kier molecular flexibility index (Phi) is 3.64. The summed E-state index contributed by atoms with van der Waals surface area (Å²) >= 11 is 0. The quantitative estimate of drug-likeness (QED) is 0.763. The molecule has 2 rings (SSSR count). The van der Waals surface area contributed by atoms with Gasteiger partial charge in [0.25, 0.3) is 0 Å². The van der Waals surface area contributed by atoms with Crippen LogP contribution in [0.5, 0.6) is 0 Å². The molecule has 0 saturated heterocycles. The Bertz CT molecular complexity index is 341. The van der Waals surface area contributed by atoms with E-state index in [1.165, 1.54) is 12.8 Å². The third kappa shape index (κ3) is 2.68. The third-order valence-electron chi connectivity index (χ3n) is 4.88. The van der Waals surface area contributed by atoms with Gasteiger partial charge in [-0.25, -0.2) is 0 Å². The van der Waals surface area contributed by atoms with Gasteiger partial charge in [0.1, 0.15) is 0 Å². The van der Waals surface area contributed by atoms with Gasteiger partial charge in [-0.15, -0.1) is 0 Å². The smallest absolute Gasteiger partial charge is 0.310 e. The van der Waals surface area contributed by atoms with Crippen molar-refractivity contribution in [2.45, 2.75) is 58.3 Å². The first-order chi connectivity index (χ1) is 8.52. The standard InChI is InChI=1S/C14H23NO3/c1-2-13(7-8-13)10-15-11(16)9-14(12(17)18)5-3-4-6-14/h2-10H2,1H3,(H,15,16)(H,17,18). The summed E-state index contributed by atoms with van der Waals surface area (Å²) in [5.41, 5.74) is -0.464. The maximum absolute atomic E-state index is 11.9. The maximum atomic E-state index is 11.9. The zero-order valence-electron chi connectivity index (χ0n) is 11.1. The van der Waals surface area contributed by atoms with Crippen LogP contribution in [-0.4, -0.2) is 23.5 Å². The molecule has 0 aromatic heterocycles. The van der Waals surface area contributed by atoms with E-state index in [0.717, 1.165) is 25.8 Å². The summed E-state index contributed by atoms with van der Waals surface area (Å²) in [6.45, 7) is 2.87. The van der Waals surface area contributed by atoms with Crippen LogP contribution in [-0.2, 0) is 9.59 Å². The molecule has 1 amide bonds. The summed E-state index contributed by atoms with van der Waals surface area (Å²) in [5, 5.41) is 12.3. The van der Waals surface area contributed by atoms with Gasteiger partial charge in [-0.1, -0.05) is 19.8 Å². The molecule has 0 heterocycles. The molecule has 18 heavy (non-hydrogen) atoms. The van der Waals surface area contributed by atoms with Crippen LogP contribution < -0.4 is 5.32 Å². The first-order valence-electron chi connectivity index (χ1n) is 7.02. The number of nitrogens with one attached hydrogen (secondary N) is 1. The lowest BCUT2D eigenvalue weighted by molar-refractivity contribution is -0.151. The van der Waals surface area contributed by atoms with Crippen LogP contribution in [0.1, 0.15) is 58.3 Å². The molecule has 2 N–H and O–H groups in total. The van der Waals surface area contributed by atoms with Crippen molar-refractivity contribution in [1.82, 2.24) is 5.32 Å². The molecule has 2 fully saturated rings. The van der Waals surface area contributed by atoms with E-state index in [-0.39, 0.29) is 12.3 Å². The number of hydrogen-bond acceptors (Lipinski definition) is 2. The van der Waals surface area contributed by atoms with E-state index < -0.39 is 11.4 Å². The van der Waals surface area contributed by atoms with Gasteiger partial charge in [0.2, 0.25) is 5.91 Å². The molecule has 0 unspecified atom stereocenters. The molecular weight excluding hydrogens is 230 g/mol.